The molecule has 0 bridgehead atoms. The normalized spacial score (nSPS) is 15.8. The van der Waals surface area contributed by atoms with Crippen LogP contribution in [0.15, 0.2) is 101 Å². The molecule has 7 heteroatoms. The quantitative estimate of drug-likeness (QED) is 0.340. The molecule has 1 aliphatic heterocycles. The minimum Gasteiger partial charge on any atom is -0.503 e. The van der Waals surface area contributed by atoms with Crippen molar-refractivity contribution in [3.05, 3.63) is 108 Å². The zero-order valence-electron chi connectivity index (χ0n) is 20.0. The number of para-hydroxylation sites is 2. The zero-order valence-corrected chi connectivity index (χ0v) is 20.0. The minimum absolute atomic E-state index is 0.00493. The Balaban J connectivity index is 1.55. The summed E-state index contributed by atoms with van der Waals surface area (Å²) in [5, 5.41) is 11.7. The number of hydrogen-bond donors (Lipinski definition) is 1. The van der Waals surface area contributed by atoms with Gasteiger partial charge in [-0.3, -0.25) is 9.59 Å². The van der Waals surface area contributed by atoms with Gasteiger partial charge < -0.3 is 24.1 Å². The summed E-state index contributed by atoms with van der Waals surface area (Å²) < 4.78 is 11.8. The fraction of sp³-hybridized carbons (Fsp3) is 0.172. The summed E-state index contributed by atoms with van der Waals surface area (Å²) in [6, 6.07) is 24.7. The molecule has 2 heterocycles. The number of carbonyl (C=O) groups is 2. The monoisotopic (exact) mass is 482 g/mol. The lowest BCUT2D eigenvalue weighted by atomic mass is 9.95. The lowest BCUT2D eigenvalue weighted by Crippen LogP contribution is -2.36. The van der Waals surface area contributed by atoms with E-state index in [0.717, 1.165) is 5.39 Å². The second-order valence-corrected chi connectivity index (χ2v) is 8.93. The molecule has 182 valence electrons. The smallest absolute Gasteiger partial charge is 0.290 e. The Morgan fingerprint density at radius 3 is 2.44 bits per heavy atom. The Kier molecular flexibility index (Phi) is 6.31. The Morgan fingerprint density at radius 1 is 0.972 bits per heavy atom. The number of rotatable bonds is 8. The van der Waals surface area contributed by atoms with E-state index in [9.17, 15) is 14.7 Å². The molecule has 0 aliphatic carbocycles. The first-order chi connectivity index (χ1) is 17.4. The lowest BCUT2D eigenvalue weighted by Gasteiger charge is -2.28. The average Bonchev–Trinajstić information content (AvgIpc) is 3.42. The molecule has 5 rings (SSSR count). The summed E-state index contributed by atoms with van der Waals surface area (Å²) in [5.74, 6) is -0.376. The number of aliphatic hydroxyl groups excluding tert-OH is 1. The van der Waals surface area contributed by atoms with Gasteiger partial charge in [0.25, 0.3) is 5.91 Å². The summed E-state index contributed by atoms with van der Waals surface area (Å²) in [6.45, 7) is 0.878. The van der Waals surface area contributed by atoms with E-state index in [0.29, 0.717) is 35.7 Å². The third-order valence-electron chi connectivity index (χ3n) is 6.14. The van der Waals surface area contributed by atoms with Crippen LogP contribution in [0.3, 0.4) is 0 Å². The van der Waals surface area contributed by atoms with Gasteiger partial charge in [0.15, 0.2) is 11.5 Å². The SMILES string of the molecule is CN(C)CCN1C(=O)C(O)=C(C(=O)c2cc3ccccc3o2)[C@@H]1c1cccc(Oc2ccccc2)c1. The summed E-state index contributed by atoms with van der Waals surface area (Å²) >= 11 is 0. The standard InChI is InChI=1S/C29H26N2O5/c1-30(2)15-16-31-26(20-10-8-13-22(17-20)35-21-11-4-3-5-12-21)25(28(33)29(31)34)27(32)24-18-19-9-6-7-14-23(19)36-24/h3-14,17-18,26,33H,15-16H2,1-2H3/t26-/m0/s1. The molecule has 1 atom stereocenters. The summed E-state index contributed by atoms with van der Waals surface area (Å²) in [7, 11) is 3.80. The van der Waals surface area contributed by atoms with E-state index in [1.165, 1.54) is 4.90 Å². The van der Waals surface area contributed by atoms with Gasteiger partial charge in [0.05, 0.1) is 11.6 Å². The van der Waals surface area contributed by atoms with Gasteiger partial charge in [-0.1, -0.05) is 48.5 Å². The van der Waals surface area contributed by atoms with Crippen LogP contribution in [0, 0.1) is 0 Å². The Bertz CT molecular complexity index is 1420. The zero-order chi connectivity index (χ0) is 25.2. The molecule has 36 heavy (non-hydrogen) atoms. The van der Waals surface area contributed by atoms with E-state index in [1.807, 2.05) is 79.7 Å². The third-order valence-corrected chi connectivity index (χ3v) is 6.14. The maximum Gasteiger partial charge on any atom is 0.290 e. The van der Waals surface area contributed by atoms with Crippen LogP contribution in [-0.4, -0.2) is 53.8 Å². The first-order valence-electron chi connectivity index (χ1n) is 11.7. The first-order valence-corrected chi connectivity index (χ1v) is 11.7. The summed E-state index contributed by atoms with van der Waals surface area (Å²) in [4.78, 5) is 30.3. The first kappa shape index (κ1) is 23.4. The lowest BCUT2D eigenvalue weighted by molar-refractivity contribution is -0.129. The Labute approximate surface area is 208 Å². The number of Topliss-reactive ketones (excluding diaryl/α,β-unsaturated/α-hetero) is 1. The van der Waals surface area contributed by atoms with Crippen molar-refractivity contribution in [2.24, 2.45) is 0 Å². The van der Waals surface area contributed by atoms with Crippen LogP contribution in [0.4, 0.5) is 0 Å². The highest BCUT2D eigenvalue weighted by molar-refractivity contribution is 6.16. The van der Waals surface area contributed by atoms with Gasteiger partial charge in [0.1, 0.15) is 17.1 Å². The number of ketones is 1. The highest BCUT2D eigenvalue weighted by Crippen LogP contribution is 2.40. The van der Waals surface area contributed by atoms with Gasteiger partial charge in [-0.15, -0.1) is 0 Å². The molecular formula is C29H26N2O5. The fourth-order valence-corrected chi connectivity index (χ4v) is 4.37. The van der Waals surface area contributed by atoms with E-state index >= 15 is 0 Å². The molecule has 7 nitrogen and oxygen atoms in total. The molecule has 4 aromatic rings. The van der Waals surface area contributed by atoms with Crippen molar-refractivity contribution in [1.82, 2.24) is 9.80 Å². The van der Waals surface area contributed by atoms with Crippen molar-refractivity contribution in [3.63, 3.8) is 0 Å². The molecule has 1 aromatic heterocycles. The van der Waals surface area contributed by atoms with E-state index in [2.05, 4.69) is 0 Å². The van der Waals surface area contributed by atoms with Crippen LogP contribution in [0.1, 0.15) is 22.2 Å². The van der Waals surface area contributed by atoms with Crippen molar-refractivity contribution >= 4 is 22.7 Å². The highest BCUT2D eigenvalue weighted by Gasteiger charge is 2.44. The van der Waals surface area contributed by atoms with Crippen molar-refractivity contribution < 1.29 is 23.8 Å². The molecule has 1 amide bonds. The molecule has 0 unspecified atom stereocenters. The van der Waals surface area contributed by atoms with Crippen LogP contribution in [0.25, 0.3) is 11.0 Å². The number of likely N-dealkylation sites (N-methyl/N-ethyl adjacent to an activating group) is 1. The topological polar surface area (TPSA) is 83.2 Å². The van der Waals surface area contributed by atoms with Crippen molar-refractivity contribution in [2.75, 3.05) is 27.2 Å². The largest absolute Gasteiger partial charge is 0.503 e. The Hall–Kier alpha value is -4.36. The van der Waals surface area contributed by atoms with E-state index in [1.54, 1.807) is 24.3 Å². The molecule has 0 saturated heterocycles. The van der Waals surface area contributed by atoms with Gasteiger partial charge >= 0.3 is 0 Å². The predicted octanol–water partition coefficient (Wildman–Crippen LogP) is 5.37. The fourth-order valence-electron chi connectivity index (χ4n) is 4.37. The van der Waals surface area contributed by atoms with Crippen molar-refractivity contribution in [2.45, 2.75) is 6.04 Å². The number of hydrogen-bond acceptors (Lipinski definition) is 6. The number of ether oxygens (including phenoxy) is 1. The molecule has 0 spiro atoms. The number of fused-ring (bicyclic) bond motifs is 1. The predicted molar refractivity (Wildman–Crippen MR) is 136 cm³/mol. The van der Waals surface area contributed by atoms with E-state index < -0.39 is 23.5 Å². The molecule has 0 fully saturated rings. The average molecular weight is 483 g/mol. The van der Waals surface area contributed by atoms with Crippen molar-refractivity contribution in [1.29, 1.82) is 0 Å². The minimum atomic E-state index is -0.794. The van der Waals surface area contributed by atoms with Crippen LogP contribution in [-0.2, 0) is 4.79 Å². The second-order valence-electron chi connectivity index (χ2n) is 8.93. The number of benzene rings is 3. The molecule has 0 saturated carbocycles. The third kappa shape index (κ3) is 4.48. The number of aliphatic hydroxyl groups is 1. The van der Waals surface area contributed by atoms with Crippen LogP contribution < -0.4 is 4.74 Å². The van der Waals surface area contributed by atoms with Gasteiger partial charge in [0, 0.05) is 18.5 Å². The van der Waals surface area contributed by atoms with Gasteiger partial charge in [-0.25, -0.2) is 0 Å². The number of carbonyl (C=O) groups excluding carboxylic acids is 2. The Morgan fingerprint density at radius 2 is 1.69 bits per heavy atom. The number of furan rings is 1. The van der Waals surface area contributed by atoms with Gasteiger partial charge in [-0.2, -0.15) is 0 Å². The maximum atomic E-state index is 13.7. The second kappa shape index (κ2) is 9.71. The number of amides is 1. The van der Waals surface area contributed by atoms with E-state index in [4.69, 9.17) is 9.15 Å². The van der Waals surface area contributed by atoms with Gasteiger partial charge in [-0.05, 0) is 56.1 Å². The van der Waals surface area contributed by atoms with Crippen LogP contribution in [0.5, 0.6) is 11.5 Å². The highest BCUT2D eigenvalue weighted by atomic mass is 16.5. The van der Waals surface area contributed by atoms with Crippen LogP contribution >= 0.6 is 0 Å². The van der Waals surface area contributed by atoms with Gasteiger partial charge in [0.2, 0.25) is 5.78 Å². The number of nitrogens with zero attached hydrogens (tertiary/aromatic N) is 2. The summed E-state index contributed by atoms with van der Waals surface area (Å²) in [5.41, 5.74) is 1.21. The van der Waals surface area contributed by atoms with E-state index in [-0.39, 0.29) is 11.3 Å². The molecule has 1 aliphatic rings. The molecule has 3 aromatic carbocycles. The van der Waals surface area contributed by atoms with Crippen molar-refractivity contribution in [3.8, 4) is 11.5 Å². The van der Waals surface area contributed by atoms with Crippen LogP contribution in [0.2, 0.25) is 0 Å². The molecule has 0 radical (unpaired) electrons. The maximum absolute atomic E-state index is 13.7. The summed E-state index contributed by atoms with van der Waals surface area (Å²) in [6.07, 6.45) is 0. The molecular weight excluding hydrogens is 456 g/mol. The molecule has 1 N–H and O–H groups in total.